The molecule has 52 heavy (non-hydrogen) atoms. The number of halogens is 1. The number of nitrogen functional groups attached to an aromatic ring is 2. The molecule has 0 saturated carbocycles. The number of carbonyl (C=O) groups is 3. The van der Waals surface area contributed by atoms with Gasteiger partial charge in [-0.25, -0.2) is 23.9 Å². The number of anilines is 2. The number of fused-ring (bicyclic) bond motifs is 1. The van der Waals surface area contributed by atoms with E-state index < -0.39 is 5.91 Å². The summed E-state index contributed by atoms with van der Waals surface area (Å²) in [6, 6.07) is 5.92. The van der Waals surface area contributed by atoms with Crippen molar-refractivity contribution in [2.75, 3.05) is 57.3 Å². The van der Waals surface area contributed by atoms with Crippen molar-refractivity contribution in [2.45, 2.75) is 97.3 Å². The first-order valence-corrected chi connectivity index (χ1v) is 19.1. The number of amides is 4. The normalized spacial score (nSPS) is 15.9. The zero-order valence-corrected chi connectivity index (χ0v) is 31.5. The van der Waals surface area contributed by atoms with E-state index in [-0.39, 0.29) is 59.7 Å². The lowest BCUT2D eigenvalue weighted by atomic mass is 10.0. The maximum absolute atomic E-state index is 13.3. The summed E-state index contributed by atoms with van der Waals surface area (Å²) in [6.45, 7) is 11.7. The summed E-state index contributed by atoms with van der Waals surface area (Å²) in [5.74, 6) is 0.582. The number of imidazole rings is 1. The molecule has 0 unspecified atom stereocenters. The van der Waals surface area contributed by atoms with Crippen molar-refractivity contribution in [3.8, 4) is 5.75 Å². The number of piperidine rings is 2. The summed E-state index contributed by atoms with van der Waals surface area (Å²) in [4.78, 5) is 51.2. The van der Waals surface area contributed by atoms with Gasteiger partial charge in [-0.05, 0) is 51.8 Å². The zero-order valence-electron chi connectivity index (χ0n) is 30.8. The van der Waals surface area contributed by atoms with Crippen LogP contribution in [-0.4, -0.2) is 94.1 Å². The van der Waals surface area contributed by atoms with Crippen molar-refractivity contribution in [1.29, 1.82) is 0 Å². The van der Waals surface area contributed by atoms with Crippen LogP contribution in [-0.2, 0) is 17.9 Å². The predicted octanol–water partition coefficient (Wildman–Crippen LogP) is 3.39. The van der Waals surface area contributed by atoms with Gasteiger partial charge in [0.05, 0.1) is 6.54 Å². The van der Waals surface area contributed by atoms with E-state index in [2.05, 4.69) is 46.9 Å². The van der Waals surface area contributed by atoms with E-state index in [1.807, 2.05) is 36.9 Å². The number of benzene rings is 1. The molecule has 16 heteroatoms. The van der Waals surface area contributed by atoms with Crippen LogP contribution in [0.1, 0.15) is 94.5 Å². The third-order valence-corrected chi connectivity index (χ3v) is 10.3. The number of hydrogen-bond donors (Lipinski definition) is 5. The van der Waals surface area contributed by atoms with Gasteiger partial charge in [0, 0.05) is 57.7 Å². The fourth-order valence-electron chi connectivity index (χ4n) is 7.29. The molecule has 0 radical (unpaired) electrons. The van der Waals surface area contributed by atoms with Crippen LogP contribution >= 0.6 is 11.6 Å². The molecular formula is C36H55ClN11O4+. The van der Waals surface area contributed by atoms with Crippen molar-refractivity contribution in [3.63, 3.8) is 0 Å². The number of aromatic nitrogens is 4. The zero-order chi connectivity index (χ0) is 37.2. The lowest BCUT2D eigenvalue weighted by Crippen LogP contribution is -2.46. The van der Waals surface area contributed by atoms with E-state index in [1.54, 1.807) is 0 Å². The van der Waals surface area contributed by atoms with Crippen LogP contribution in [0.4, 0.5) is 16.4 Å². The fraction of sp³-hybridized carbons (Fsp3) is 0.611. The van der Waals surface area contributed by atoms with E-state index in [9.17, 15) is 14.4 Å². The first-order chi connectivity index (χ1) is 25.1. The molecule has 4 heterocycles. The minimum atomic E-state index is -0.537. The first-order valence-electron chi connectivity index (χ1n) is 18.7. The summed E-state index contributed by atoms with van der Waals surface area (Å²) < 4.78 is 10.4. The minimum Gasteiger partial charge on any atom is -0.484 e. The van der Waals surface area contributed by atoms with Gasteiger partial charge in [0.15, 0.2) is 40.1 Å². The molecule has 0 spiro atoms. The van der Waals surface area contributed by atoms with Crippen LogP contribution in [0.25, 0.3) is 11.0 Å². The molecule has 2 saturated heterocycles. The van der Waals surface area contributed by atoms with Gasteiger partial charge in [0.1, 0.15) is 18.3 Å². The number of likely N-dealkylation sites (tertiary alicyclic amines) is 2. The number of nitrogens with one attached hydrogen (secondary N) is 3. The van der Waals surface area contributed by atoms with E-state index in [1.165, 1.54) is 25.7 Å². The van der Waals surface area contributed by atoms with Gasteiger partial charge in [-0.15, -0.1) is 0 Å². The van der Waals surface area contributed by atoms with Gasteiger partial charge in [-0.3, -0.25) is 9.59 Å². The molecule has 15 nitrogen and oxygen atoms in total. The molecule has 0 aliphatic carbocycles. The molecule has 2 aromatic heterocycles. The van der Waals surface area contributed by atoms with Crippen LogP contribution in [0.3, 0.4) is 0 Å². The highest BCUT2D eigenvalue weighted by molar-refractivity contribution is 6.31. The van der Waals surface area contributed by atoms with Crippen LogP contribution in [0, 0.1) is 0 Å². The number of urea groups is 1. The third-order valence-electron chi connectivity index (χ3n) is 10.0. The van der Waals surface area contributed by atoms with Crippen molar-refractivity contribution in [1.82, 2.24) is 40.3 Å². The van der Waals surface area contributed by atoms with Gasteiger partial charge in [0.25, 0.3) is 17.6 Å². The molecular weight excluding hydrogens is 686 g/mol. The quantitative estimate of drug-likeness (QED) is 0.115. The van der Waals surface area contributed by atoms with Gasteiger partial charge < -0.3 is 42.0 Å². The summed E-state index contributed by atoms with van der Waals surface area (Å²) in [5.41, 5.74) is 13.4. The molecule has 0 bridgehead atoms. The number of nitrogens with zero attached hydrogens (tertiary/aromatic N) is 6. The number of nitrogens with two attached hydrogens (primary N) is 2. The average Bonchev–Trinajstić information content (AvgIpc) is 3.46. The second kappa shape index (κ2) is 18.4. The van der Waals surface area contributed by atoms with Crippen LogP contribution < -0.4 is 36.7 Å². The number of aryl methyl sites for hydroxylation is 1. The molecule has 5 rings (SSSR count). The van der Waals surface area contributed by atoms with E-state index in [0.717, 1.165) is 49.3 Å². The molecule has 7 N–H and O–H groups in total. The predicted molar refractivity (Wildman–Crippen MR) is 201 cm³/mol. The fourth-order valence-corrected chi connectivity index (χ4v) is 7.41. The lowest BCUT2D eigenvalue weighted by molar-refractivity contribution is -0.676. The van der Waals surface area contributed by atoms with Gasteiger partial charge >= 0.3 is 6.03 Å². The first kappa shape index (κ1) is 38.9. The van der Waals surface area contributed by atoms with E-state index in [0.29, 0.717) is 44.8 Å². The number of hydrogen-bond acceptors (Lipinski definition) is 9. The topological polar surface area (TPSA) is 190 Å². The van der Waals surface area contributed by atoms with Crippen molar-refractivity contribution >= 4 is 52.1 Å². The van der Waals surface area contributed by atoms with Crippen LogP contribution in [0.5, 0.6) is 5.75 Å². The molecule has 284 valence electrons. The van der Waals surface area contributed by atoms with Crippen LogP contribution in [0.15, 0.2) is 18.2 Å². The Hall–Kier alpha value is -4.37. The van der Waals surface area contributed by atoms with Gasteiger partial charge in [0.2, 0.25) is 0 Å². The Morgan fingerprint density at radius 1 is 0.962 bits per heavy atom. The number of unbranched alkanes of at least 4 members (excludes halogenated alkanes) is 3. The Balaban J connectivity index is 1.31. The monoisotopic (exact) mass is 740 g/mol. The second-order valence-electron chi connectivity index (χ2n) is 13.6. The summed E-state index contributed by atoms with van der Waals surface area (Å²) in [7, 11) is 0. The Bertz CT molecular complexity index is 1700. The Kier molecular flexibility index (Phi) is 13.8. The molecule has 4 amide bonds. The molecule has 2 aliphatic rings. The second-order valence-corrected chi connectivity index (χ2v) is 13.9. The van der Waals surface area contributed by atoms with Crippen molar-refractivity contribution in [3.05, 3.63) is 34.9 Å². The Morgan fingerprint density at radius 3 is 2.40 bits per heavy atom. The minimum absolute atomic E-state index is 0.0276. The number of rotatable bonds is 15. The lowest BCUT2D eigenvalue weighted by Gasteiger charge is -2.32. The summed E-state index contributed by atoms with van der Waals surface area (Å²) in [5, 5.41) is 8.91. The summed E-state index contributed by atoms with van der Waals surface area (Å²) >= 11 is 6.05. The molecule has 2 aliphatic heterocycles. The molecule has 1 aromatic carbocycles. The Morgan fingerprint density at radius 2 is 1.71 bits per heavy atom. The molecule has 2 fully saturated rings. The smallest absolute Gasteiger partial charge is 0.317 e. The summed E-state index contributed by atoms with van der Waals surface area (Å²) in [6.07, 6.45) is 8.35. The average molecular weight is 741 g/mol. The maximum atomic E-state index is 13.3. The van der Waals surface area contributed by atoms with Crippen LogP contribution in [0.2, 0.25) is 5.15 Å². The number of ether oxygens (including phenoxy) is 1. The SMILES string of the molecule is CCCCCCN1CCC(NC(=O)COc2ccc3c(c2)n(C2CCN(C(=O)NCC)CC2)c(CNC(=O)c2nc(Cl)c(N)nc2N)[n+]3CC)CC1. The number of carbonyl (C=O) groups excluding carboxylic acids is 3. The maximum Gasteiger partial charge on any atom is 0.317 e. The van der Waals surface area contributed by atoms with Gasteiger partial charge in [-0.1, -0.05) is 37.8 Å². The van der Waals surface area contributed by atoms with Crippen molar-refractivity contribution in [2.24, 2.45) is 0 Å². The van der Waals surface area contributed by atoms with Gasteiger partial charge in [-0.2, -0.15) is 0 Å². The molecule has 3 aromatic rings. The molecule has 0 atom stereocenters. The van der Waals surface area contributed by atoms with E-state index >= 15 is 0 Å². The Labute approximate surface area is 310 Å². The highest BCUT2D eigenvalue weighted by atomic mass is 35.5. The highest BCUT2D eigenvalue weighted by Crippen LogP contribution is 2.31. The van der Waals surface area contributed by atoms with E-state index in [4.69, 9.17) is 27.8 Å². The highest BCUT2D eigenvalue weighted by Gasteiger charge is 2.34. The van der Waals surface area contributed by atoms with Crippen molar-refractivity contribution < 1.29 is 23.7 Å². The standard InChI is InChI=1S/C36H54ClN11O4/c1-4-7-8-9-16-45-17-12-24(13-18-45)42-29(49)23-52-26-10-11-27-28(21-26)48(25-14-19-46(20-15-25)36(51)40-5-2)30(47(27)6-3)22-41-35(50)31-33(38)44-34(39)32(37)43-31/h10-11,21,24-25H,4-9,12-20,22-23H2,1-3H3,(H6-,38,39,40,41,42,44,49,50,51)/p+1. The largest absolute Gasteiger partial charge is 0.484 e. The third kappa shape index (κ3) is 9.54.